The Bertz CT molecular complexity index is 749. The van der Waals surface area contributed by atoms with E-state index in [4.69, 9.17) is 14.2 Å². The third-order valence-electron chi connectivity index (χ3n) is 3.91. The lowest BCUT2D eigenvalue weighted by Crippen LogP contribution is -2.29. The summed E-state index contributed by atoms with van der Waals surface area (Å²) >= 11 is 3.44. The zero-order chi connectivity index (χ0) is 18.9. The van der Waals surface area contributed by atoms with Gasteiger partial charge in [-0.05, 0) is 61.2 Å². The predicted octanol–water partition coefficient (Wildman–Crippen LogP) is 3.90. The van der Waals surface area contributed by atoms with Crippen molar-refractivity contribution in [2.24, 2.45) is 0 Å². The number of carbonyl (C=O) groups is 1. The van der Waals surface area contributed by atoms with Crippen LogP contribution in [0.4, 0.5) is 0 Å². The SMILES string of the molecule is COc1ccc(CCCNC(=O)COc2ccc(Br)c(C)c2)cc1OC. The largest absolute Gasteiger partial charge is 0.493 e. The number of carbonyl (C=O) groups excluding carboxylic acids is 1. The molecule has 0 aliphatic heterocycles. The molecule has 0 unspecified atom stereocenters. The molecule has 0 aliphatic carbocycles. The zero-order valence-electron chi connectivity index (χ0n) is 15.3. The molecule has 1 N–H and O–H groups in total. The number of benzene rings is 2. The quantitative estimate of drug-likeness (QED) is 0.623. The fourth-order valence-corrected chi connectivity index (χ4v) is 2.71. The predicted molar refractivity (Wildman–Crippen MR) is 105 cm³/mol. The minimum Gasteiger partial charge on any atom is -0.493 e. The lowest BCUT2D eigenvalue weighted by molar-refractivity contribution is -0.123. The third-order valence-corrected chi connectivity index (χ3v) is 4.80. The standard InChI is InChI=1S/C20H24BrNO4/c1-14-11-16(7-8-17(14)21)26-13-20(23)22-10-4-5-15-6-9-18(24-2)19(12-15)25-3/h6-9,11-12H,4-5,10,13H2,1-3H3,(H,22,23). The molecule has 0 bridgehead atoms. The molecular formula is C20H24BrNO4. The Labute approximate surface area is 162 Å². The molecule has 26 heavy (non-hydrogen) atoms. The van der Waals surface area contributed by atoms with Gasteiger partial charge in [0.15, 0.2) is 18.1 Å². The molecule has 0 fully saturated rings. The van der Waals surface area contributed by atoms with E-state index in [9.17, 15) is 4.79 Å². The molecule has 5 nitrogen and oxygen atoms in total. The number of nitrogens with one attached hydrogen (secondary N) is 1. The maximum Gasteiger partial charge on any atom is 0.257 e. The first kappa shape index (κ1) is 20.1. The molecule has 2 rings (SSSR count). The average molecular weight is 422 g/mol. The van der Waals surface area contributed by atoms with Crippen molar-refractivity contribution in [2.45, 2.75) is 19.8 Å². The van der Waals surface area contributed by atoms with Gasteiger partial charge in [0.05, 0.1) is 14.2 Å². The first-order valence-electron chi connectivity index (χ1n) is 8.40. The van der Waals surface area contributed by atoms with Crippen LogP contribution in [0.5, 0.6) is 17.2 Å². The first-order valence-corrected chi connectivity index (χ1v) is 9.19. The van der Waals surface area contributed by atoms with Crippen LogP contribution in [0.25, 0.3) is 0 Å². The Morgan fingerprint density at radius 3 is 2.54 bits per heavy atom. The molecule has 2 aromatic carbocycles. The number of hydrogen-bond donors (Lipinski definition) is 1. The maximum absolute atomic E-state index is 11.9. The van der Waals surface area contributed by atoms with Gasteiger partial charge in [0, 0.05) is 11.0 Å². The van der Waals surface area contributed by atoms with Crippen LogP contribution in [-0.4, -0.2) is 33.3 Å². The second-order valence-corrected chi connectivity index (χ2v) is 6.70. The summed E-state index contributed by atoms with van der Waals surface area (Å²) in [5.41, 5.74) is 2.20. The third kappa shape index (κ3) is 5.95. The number of halogens is 1. The molecule has 0 heterocycles. The highest BCUT2D eigenvalue weighted by atomic mass is 79.9. The van der Waals surface area contributed by atoms with E-state index in [0.29, 0.717) is 23.8 Å². The summed E-state index contributed by atoms with van der Waals surface area (Å²) in [5, 5.41) is 2.87. The Morgan fingerprint density at radius 1 is 1.08 bits per heavy atom. The number of aryl methyl sites for hydroxylation is 2. The topological polar surface area (TPSA) is 56.8 Å². The molecule has 2 aromatic rings. The fourth-order valence-electron chi connectivity index (χ4n) is 2.46. The zero-order valence-corrected chi connectivity index (χ0v) is 16.9. The lowest BCUT2D eigenvalue weighted by atomic mass is 10.1. The smallest absolute Gasteiger partial charge is 0.257 e. The van der Waals surface area contributed by atoms with Crippen LogP contribution in [-0.2, 0) is 11.2 Å². The van der Waals surface area contributed by atoms with E-state index in [1.807, 2.05) is 43.3 Å². The van der Waals surface area contributed by atoms with Crippen molar-refractivity contribution < 1.29 is 19.0 Å². The van der Waals surface area contributed by atoms with Gasteiger partial charge in [0.1, 0.15) is 5.75 Å². The van der Waals surface area contributed by atoms with Gasteiger partial charge in [0.2, 0.25) is 0 Å². The average Bonchev–Trinajstić information content (AvgIpc) is 2.66. The van der Waals surface area contributed by atoms with Gasteiger partial charge >= 0.3 is 0 Å². The van der Waals surface area contributed by atoms with Crippen LogP contribution in [0.3, 0.4) is 0 Å². The maximum atomic E-state index is 11.9. The number of methoxy groups -OCH3 is 2. The van der Waals surface area contributed by atoms with Gasteiger partial charge in [-0.2, -0.15) is 0 Å². The van der Waals surface area contributed by atoms with E-state index in [0.717, 1.165) is 28.4 Å². The van der Waals surface area contributed by atoms with Crippen molar-refractivity contribution in [3.05, 3.63) is 52.0 Å². The Balaban J connectivity index is 1.70. The highest BCUT2D eigenvalue weighted by Crippen LogP contribution is 2.27. The van der Waals surface area contributed by atoms with Gasteiger partial charge in [-0.25, -0.2) is 0 Å². The van der Waals surface area contributed by atoms with Gasteiger partial charge in [-0.1, -0.05) is 22.0 Å². The van der Waals surface area contributed by atoms with Crippen molar-refractivity contribution in [3.8, 4) is 17.2 Å². The summed E-state index contributed by atoms with van der Waals surface area (Å²) in [4.78, 5) is 11.9. The van der Waals surface area contributed by atoms with Crippen LogP contribution in [0.15, 0.2) is 40.9 Å². The number of hydrogen-bond acceptors (Lipinski definition) is 4. The molecule has 0 radical (unpaired) electrons. The van der Waals surface area contributed by atoms with Crippen LogP contribution < -0.4 is 19.5 Å². The molecule has 1 amide bonds. The molecule has 140 valence electrons. The highest BCUT2D eigenvalue weighted by molar-refractivity contribution is 9.10. The number of amides is 1. The molecule has 0 saturated heterocycles. The molecule has 0 spiro atoms. The van der Waals surface area contributed by atoms with Crippen LogP contribution in [0, 0.1) is 6.92 Å². The van der Waals surface area contributed by atoms with Crippen molar-refractivity contribution >= 4 is 21.8 Å². The number of ether oxygens (including phenoxy) is 3. The van der Waals surface area contributed by atoms with Gasteiger partial charge in [-0.3, -0.25) is 4.79 Å². The summed E-state index contributed by atoms with van der Waals surface area (Å²) in [5.74, 6) is 1.99. The summed E-state index contributed by atoms with van der Waals surface area (Å²) in [7, 11) is 3.24. The van der Waals surface area contributed by atoms with E-state index < -0.39 is 0 Å². The molecule has 0 atom stereocenters. The van der Waals surface area contributed by atoms with Gasteiger partial charge in [0.25, 0.3) is 5.91 Å². The Hall–Kier alpha value is -2.21. The minimum absolute atomic E-state index is 0.0113. The summed E-state index contributed by atoms with van der Waals surface area (Å²) < 4.78 is 17.1. The minimum atomic E-state index is -0.127. The number of rotatable bonds is 9. The summed E-state index contributed by atoms with van der Waals surface area (Å²) in [6, 6.07) is 11.5. The van der Waals surface area contributed by atoms with E-state index >= 15 is 0 Å². The van der Waals surface area contributed by atoms with Crippen molar-refractivity contribution in [3.63, 3.8) is 0 Å². The second kappa shape index (κ2) is 10.1. The lowest BCUT2D eigenvalue weighted by Gasteiger charge is -2.10. The van der Waals surface area contributed by atoms with Crippen molar-refractivity contribution in [2.75, 3.05) is 27.4 Å². The molecule has 0 aliphatic rings. The van der Waals surface area contributed by atoms with Gasteiger partial charge in [-0.15, -0.1) is 0 Å². The van der Waals surface area contributed by atoms with E-state index in [1.54, 1.807) is 14.2 Å². The Morgan fingerprint density at radius 2 is 1.85 bits per heavy atom. The molecular weight excluding hydrogens is 398 g/mol. The van der Waals surface area contributed by atoms with Gasteiger partial charge < -0.3 is 19.5 Å². The second-order valence-electron chi connectivity index (χ2n) is 5.84. The molecule has 0 aromatic heterocycles. The summed E-state index contributed by atoms with van der Waals surface area (Å²) in [6.45, 7) is 2.58. The highest BCUT2D eigenvalue weighted by Gasteiger charge is 2.06. The van der Waals surface area contributed by atoms with E-state index in [1.165, 1.54) is 0 Å². The molecule has 0 saturated carbocycles. The molecule has 6 heteroatoms. The van der Waals surface area contributed by atoms with Crippen LogP contribution >= 0.6 is 15.9 Å². The Kier molecular flexibility index (Phi) is 7.78. The summed E-state index contributed by atoms with van der Waals surface area (Å²) in [6.07, 6.45) is 1.67. The van der Waals surface area contributed by atoms with E-state index in [-0.39, 0.29) is 12.5 Å². The normalized spacial score (nSPS) is 10.3. The fraction of sp³-hybridized carbons (Fsp3) is 0.350. The van der Waals surface area contributed by atoms with Crippen LogP contribution in [0.2, 0.25) is 0 Å². The first-order chi connectivity index (χ1) is 12.5. The van der Waals surface area contributed by atoms with Crippen LogP contribution in [0.1, 0.15) is 17.5 Å². The van der Waals surface area contributed by atoms with Crippen molar-refractivity contribution in [1.29, 1.82) is 0 Å². The monoisotopic (exact) mass is 421 g/mol. The van der Waals surface area contributed by atoms with E-state index in [2.05, 4.69) is 21.2 Å². The van der Waals surface area contributed by atoms with Crippen molar-refractivity contribution in [1.82, 2.24) is 5.32 Å².